The minimum absolute atomic E-state index is 0.0739. The predicted molar refractivity (Wildman–Crippen MR) is 125 cm³/mol. The summed E-state index contributed by atoms with van der Waals surface area (Å²) in [5, 5.41) is 2.94. The molecule has 1 aromatic heterocycles. The highest BCUT2D eigenvalue weighted by atomic mass is 32.2. The molecule has 0 atom stereocenters. The second-order valence-electron chi connectivity index (χ2n) is 7.37. The van der Waals surface area contributed by atoms with E-state index in [1.165, 1.54) is 11.3 Å². The number of sulfone groups is 1. The van der Waals surface area contributed by atoms with Crippen molar-refractivity contribution in [2.24, 2.45) is 0 Å². The summed E-state index contributed by atoms with van der Waals surface area (Å²) in [5.74, 6) is 1.14. The van der Waals surface area contributed by atoms with E-state index in [4.69, 9.17) is 9.47 Å². The van der Waals surface area contributed by atoms with E-state index < -0.39 is 9.84 Å². The Kier molecular flexibility index (Phi) is 6.53. The van der Waals surface area contributed by atoms with Crippen LogP contribution in [0.5, 0.6) is 11.5 Å². The molecular weight excluding hydrogens is 446 g/mol. The Balaban J connectivity index is 1.45. The molecular formula is C24H25NO5S2. The molecule has 0 fully saturated rings. The van der Waals surface area contributed by atoms with Crippen LogP contribution in [0.1, 0.15) is 34.6 Å². The predicted octanol–water partition coefficient (Wildman–Crippen LogP) is 4.47. The first-order chi connectivity index (χ1) is 15.4. The Hall–Kier alpha value is -2.84. The van der Waals surface area contributed by atoms with Gasteiger partial charge < -0.3 is 14.8 Å². The van der Waals surface area contributed by atoms with Crippen LogP contribution in [0.2, 0.25) is 0 Å². The fourth-order valence-electron chi connectivity index (χ4n) is 3.74. The van der Waals surface area contributed by atoms with Crippen LogP contribution in [0.4, 0.5) is 0 Å². The van der Waals surface area contributed by atoms with Gasteiger partial charge in [0.05, 0.1) is 28.7 Å². The summed E-state index contributed by atoms with van der Waals surface area (Å²) in [6.07, 6.45) is 0.639. The van der Waals surface area contributed by atoms with Crippen molar-refractivity contribution in [2.75, 3.05) is 19.8 Å². The summed E-state index contributed by atoms with van der Waals surface area (Å²) < 4.78 is 36.4. The maximum Gasteiger partial charge on any atom is 0.261 e. The second kappa shape index (κ2) is 9.34. The van der Waals surface area contributed by atoms with E-state index in [1.807, 2.05) is 38.1 Å². The molecule has 0 aliphatic carbocycles. The number of carbonyl (C=O) groups is 1. The van der Waals surface area contributed by atoms with Gasteiger partial charge in [-0.2, -0.15) is 0 Å². The van der Waals surface area contributed by atoms with Gasteiger partial charge in [-0.3, -0.25) is 4.79 Å². The molecule has 0 spiro atoms. The molecule has 2 heterocycles. The number of fused-ring (bicyclic) bond motifs is 3. The first-order valence-electron chi connectivity index (χ1n) is 10.5. The van der Waals surface area contributed by atoms with Gasteiger partial charge in [0.15, 0.2) is 21.3 Å². The zero-order chi connectivity index (χ0) is 22.7. The quantitative estimate of drug-likeness (QED) is 0.524. The molecule has 1 aliphatic heterocycles. The van der Waals surface area contributed by atoms with Gasteiger partial charge in [-0.1, -0.05) is 24.3 Å². The first kappa shape index (κ1) is 22.4. The van der Waals surface area contributed by atoms with Crippen molar-refractivity contribution in [2.45, 2.75) is 30.9 Å². The number of carbonyl (C=O) groups excluding carboxylic acids is 1. The van der Waals surface area contributed by atoms with Gasteiger partial charge in [-0.05, 0) is 55.7 Å². The second-order valence-corrected chi connectivity index (χ2v) is 10.4. The summed E-state index contributed by atoms with van der Waals surface area (Å²) >= 11 is 1.34. The molecule has 6 nitrogen and oxygen atoms in total. The Labute approximate surface area is 192 Å². The van der Waals surface area contributed by atoms with Crippen LogP contribution in [0.3, 0.4) is 0 Å². The van der Waals surface area contributed by atoms with Crippen LogP contribution in [-0.2, 0) is 22.0 Å². The van der Waals surface area contributed by atoms with Crippen molar-refractivity contribution in [3.8, 4) is 21.9 Å². The highest BCUT2D eigenvalue weighted by molar-refractivity contribution is 7.91. The van der Waals surface area contributed by atoms with Gasteiger partial charge >= 0.3 is 0 Å². The van der Waals surface area contributed by atoms with E-state index in [0.717, 1.165) is 10.4 Å². The van der Waals surface area contributed by atoms with E-state index in [2.05, 4.69) is 5.32 Å². The van der Waals surface area contributed by atoms with Gasteiger partial charge in [-0.15, -0.1) is 11.3 Å². The molecule has 1 amide bonds. The minimum atomic E-state index is -3.38. The molecule has 0 saturated heterocycles. The Morgan fingerprint density at radius 1 is 1.03 bits per heavy atom. The standard InChI is InChI=1S/C24H25NO5S2/c1-3-29-19-10-9-16(13-20(19)30-4-2)11-12-25-24(26)21-14-17-15-32(27,28)22-8-6-5-7-18(22)23(17)31-21/h5-10,13-14H,3-4,11-12,15H2,1-2H3,(H,25,26). The lowest BCUT2D eigenvalue weighted by Crippen LogP contribution is -2.24. The molecule has 2 aromatic carbocycles. The van der Waals surface area contributed by atoms with E-state index in [9.17, 15) is 13.2 Å². The first-order valence-corrected chi connectivity index (χ1v) is 13.0. The fraction of sp³-hybridized carbons (Fsp3) is 0.292. The number of benzene rings is 2. The van der Waals surface area contributed by atoms with Gasteiger partial charge in [-0.25, -0.2) is 8.42 Å². The normalized spacial score (nSPS) is 13.7. The summed E-state index contributed by atoms with van der Waals surface area (Å²) in [7, 11) is -3.38. The third kappa shape index (κ3) is 4.52. The Morgan fingerprint density at radius 3 is 2.56 bits per heavy atom. The number of ether oxygens (including phenoxy) is 2. The maximum absolute atomic E-state index is 12.7. The molecule has 0 saturated carbocycles. The van der Waals surface area contributed by atoms with Crippen molar-refractivity contribution in [1.29, 1.82) is 0 Å². The highest BCUT2D eigenvalue weighted by Gasteiger charge is 2.30. The molecule has 4 rings (SSSR count). The number of thiophene rings is 1. The van der Waals surface area contributed by atoms with E-state index in [-0.39, 0.29) is 11.7 Å². The molecule has 0 radical (unpaired) electrons. The largest absolute Gasteiger partial charge is 0.490 e. The van der Waals surface area contributed by atoms with E-state index in [1.54, 1.807) is 24.3 Å². The molecule has 3 aromatic rings. The maximum atomic E-state index is 12.7. The summed E-state index contributed by atoms with van der Waals surface area (Å²) in [6, 6.07) is 14.4. The molecule has 32 heavy (non-hydrogen) atoms. The third-order valence-corrected chi connectivity index (χ3v) is 8.08. The van der Waals surface area contributed by atoms with Crippen molar-refractivity contribution >= 4 is 27.1 Å². The topological polar surface area (TPSA) is 81.7 Å². The zero-order valence-electron chi connectivity index (χ0n) is 18.0. The Morgan fingerprint density at radius 2 is 1.78 bits per heavy atom. The number of amides is 1. The number of hydrogen-bond acceptors (Lipinski definition) is 6. The average Bonchev–Trinajstić information content (AvgIpc) is 3.19. The highest BCUT2D eigenvalue weighted by Crippen LogP contribution is 2.42. The van der Waals surface area contributed by atoms with Gasteiger partial charge in [0.25, 0.3) is 5.91 Å². The molecule has 0 bridgehead atoms. The van der Waals surface area contributed by atoms with Crippen LogP contribution >= 0.6 is 11.3 Å². The number of rotatable bonds is 8. The van der Waals surface area contributed by atoms with Crippen molar-refractivity contribution < 1.29 is 22.7 Å². The number of nitrogens with one attached hydrogen (secondary N) is 1. The van der Waals surface area contributed by atoms with Crippen molar-refractivity contribution in [1.82, 2.24) is 5.32 Å². The van der Waals surface area contributed by atoms with E-state index in [0.29, 0.717) is 58.6 Å². The van der Waals surface area contributed by atoms with Crippen LogP contribution in [-0.4, -0.2) is 34.1 Å². The van der Waals surface area contributed by atoms with Crippen molar-refractivity contribution in [3.05, 3.63) is 64.5 Å². The molecule has 1 N–H and O–H groups in total. The van der Waals surface area contributed by atoms with E-state index >= 15 is 0 Å². The lowest BCUT2D eigenvalue weighted by atomic mass is 10.1. The Bertz CT molecular complexity index is 1250. The summed E-state index contributed by atoms with van der Waals surface area (Å²) in [6.45, 7) is 5.41. The van der Waals surface area contributed by atoms with Gasteiger partial charge in [0, 0.05) is 17.0 Å². The zero-order valence-corrected chi connectivity index (χ0v) is 19.6. The minimum Gasteiger partial charge on any atom is -0.490 e. The van der Waals surface area contributed by atoms with Gasteiger partial charge in [0.2, 0.25) is 0 Å². The lowest BCUT2D eigenvalue weighted by Gasteiger charge is -2.15. The molecule has 168 valence electrons. The number of hydrogen-bond donors (Lipinski definition) is 1. The molecule has 1 aliphatic rings. The average molecular weight is 472 g/mol. The smallest absolute Gasteiger partial charge is 0.261 e. The van der Waals surface area contributed by atoms with Crippen LogP contribution in [0, 0.1) is 0 Å². The molecule has 0 unspecified atom stereocenters. The lowest BCUT2D eigenvalue weighted by molar-refractivity contribution is 0.0958. The van der Waals surface area contributed by atoms with Crippen molar-refractivity contribution in [3.63, 3.8) is 0 Å². The monoisotopic (exact) mass is 471 g/mol. The van der Waals surface area contributed by atoms with Crippen LogP contribution in [0.15, 0.2) is 53.4 Å². The fourth-order valence-corrected chi connectivity index (χ4v) is 6.62. The summed E-state index contributed by atoms with van der Waals surface area (Å²) in [5.41, 5.74) is 2.39. The van der Waals surface area contributed by atoms with Crippen LogP contribution in [0.25, 0.3) is 10.4 Å². The summed E-state index contributed by atoms with van der Waals surface area (Å²) in [4.78, 5) is 14.4. The SMILES string of the molecule is CCOc1ccc(CCNC(=O)c2cc3c(s2)-c2ccccc2S(=O)(=O)C3)cc1OCC. The third-order valence-electron chi connectivity index (χ3n) is 5.15. The van der Waals surface area contributed by atoms with Crippen LogP contribution < -0.4 is 14.8 Å². The molecule has 8 heteroatoms. The van der Waals surface area contributed by atoms with Gasteiger partial charge in [0.1, 0.15) is 0 Å².